The van der Waals surface area contributed by atoms with Gasteiger partial charge >= 0.3 is 6.61 Å². The third-order valence-electron chi connectivity index (χ3n) is 3.05. The summed E-state index contributed by atoms with van der Waals surface area (Å²) in [7, 11) is 0. The molecule has 1 unspecified atom stereocenters. The zero-order chi connectivity index (χ0) is 14.5. The predicted molar refractivity (Wildman–Crippen MR) is 77.4 cm³/mol. The van der Waals surface area contributed by atoms with E-state index >= 15 is 0 Å². The van der Waals surface area contributed by atoms with Crippen LogP contribution in [0.25, 0.3) is 0 Å². The van der Waals surface area contributed by atoms with Crippen LogP contribution in [0.3, 0.4) is 0 Å². The summed E-state index contributed by atoms with van der Waals surface area (Å²) >= 11 is 1.69. The largest absolute Gasteiger partial charge is 0.435 e. The molecular weight excluding hydrogens is 280 g/mol. The molecule has 2 aromatic rings. The number of ether oxygens (including phenoxy) is 1. The molecule has 1 aromatic heterocycles. The summed E-state index contributed by atoms with van der Waals surface area (Å²) in [6.45, 7) is 1.30. The minimum Gasteiger partial charge on any atom is -0.435 e. The molecule has 108 valence electrons. The van der Waals surface area contributed by atoms with Crippen LogP contribution < -0.4 is 10.1 Å². The molecule has 0 aliphatic heterocycles. The molecule has 1 heterocycles. The lowest BCUT2D eigenvalue weighted by Gasteiger charge is -2.20. The summed E-state index contributed by atoms with van der Waals surface area (Å²) in [6, 6.07) is 11.2. The Labute approximate surface area is 121 Å². The summed E-state index contributed by atoms with van der Waals surface area (Å²) < 4.78 is 28.8. The lowest BCUT2D eigenvalue weighted by Crippen LogP contribution is -2.21. The maximum Gasteiger partial charge on any atom is 0.387 e. The van der Waals surface area contributed by atoms with E-state index in [-0.39, 0.29) is 17.8 Å². The van der Waals surface area contributed by atoms with Crippen LogP contribution in [0.15, 0.2) is 41.8 Å². The van der Waals surface area contributed by atoms with Crippen molar-refractivity contribution in [2.45, 2.75) is 32.5 Å². The van der Waals surface area contributed by atoms with Gasteiger partial charge in [-0.2, -0.15) is 8.78 Å². The van der Waals surface area contributed by atoms with E-state index in [9.17, 15) is 8.78 Å². The zero-order valence-corrected chi connectivity index (χ0v) is 12.2. The van der Waals surface area contributed by atoms with E-state index < -0.39 is 6.61 Å². The molecule has 0 fully saturated rings. The first-order valence-electron chi connectivity index (χ1n) is 6.40. The number of benzene rings is 1. The molecule has 20 heavy (non-hydrogen) atoms. The molecule has 1 aromatic carbocycles. The van der Waals surface area contributed by atoms with Gasteiger partial charge in [0.25, 0.3) is 0 Å². The molecule has 2 atom stereocenters. The maximum atomic E-state index is 12.2. The van der Waals surface area contributed by atoms with Gasteiger partial charge in [-0.3, -0.25) is 0 Å². The van der Waals surface area contributed by atoms with Gasteiger partial charge in [0.1, 0.15) is 5.75 Å². The highest BCUT2D eigenvalue weighted by Crippen LogP contribution is 2.25. The fourth-order valence-electron chi connectivity index (χ4n) is 2.05. The lowest BCUT2D eigenvalue weighted by molar-refractivity contribution is -0.0499. The normalized spacial score (nSPS) is 14.2. The third kappa shape index (κ3) is 4.02. The number of nitrogens with one attached hydrogen (secondary N) is 1. The lowest BCUT2D eigenvalue weighted by atomic mass is 10.1. The van der Waals surface area contributed by atoms with Crippen molar-refractivity contribution in [3.05, 3.63) is 52.2 Å². The number of halogens is 2. The number of alkyl halides is 2. The van der Waals surface area contributed by atoms with Gasteiger partial charge < -0.3 is 10.1 Å². The third-order valence-corrected chi connectivity index (χ3v) is 4.11. The molecule has 2 rings (SSSR count). The van der Waals surface area contributed by atoms with Crippen LogP contribution in [0.4, 0.5) is 8.78 Å². The fraction of sp³-hybridized carbons (Fsp3) is 0.333. The minimum absolute atomic E-state index is 0.0494. The molecule has 0 spiro atoms. The summed E-state index contributed by atoms with van der Waals surface area (Å²) in [5.41, 5.74) is 0.923. The molecule has 0 radical (unpaired) electrons. The highest BCUT2D eigenvalue weighted by molar-refractivity contribution is 7.10. The molecule has 0 saturated heterocycles. The fourth-order valence-corrected chi connectivity index (χ4v) is 2.79. The van der Waals surface area contributed by atoms with Gasteiger partial charge in [0.05, 0.1) is 0 Å². The van der Waals surface area contributed by atoms with Gasteiger partial charge in [-0.1, -0.05) is 18.2 Å². The van der Waals surface area contributed by atoms with Crippen molar-refractivity contribution >= 4 is 11.3 Å². The summed E-state index contributed by atoms with van der Waals surface area (Å²) in [5, 5.41) is 5.48. The Bertz CT molecular complexity index is 530. The number of hydrogen-bond acceptors (Lipinski definition) is 3. The molecule has 0 amide bonds. The van der Waals surface area contributed by atoms with Crippen LogP contribution in [-0.2, 0) is 0 Å². The standard InChI is InChI=1S/C15H17F2NOS/c1-10(18-11(2)14-7-4-8-20-14)12-5-3-6-13(9-12)19-15(16)17/h3-11,15,18H,1-2H3/t10?,11-/m0/s1. The SMILES string of the molecule is CC(N[C@@H](C)c1cccs1)c1cccc(OC(F)F)c1. The Kier molecular flexibility index (Phi) is 5.09. The van der Waals surface area contributed by atoms with Crippen molar-refractivity contribution in [1.29, 1.82) is 0 Å². The van der Waals surface area contributed by atoms with Crippen LogP contribution in [0, 0.1) is 0 Å². The molecule has 1 N–H and O–H groups in total. The van der Waals surface area contributed by atoms with Gasteiger partial charge in [0.2, 0.25) is 0 Å². The molecule has 0 saturated carbocycles. The zero-order valence-electron chi connectivity index (χ0n) is 11.3. The maximum absolute atomic E-state index is 12.2. The quantitative estimate of drug-likeness (QED) is 0.830. The van der Waals surface area contributed by atoms with Crippen molar-refractivity contribution in [3.63, 3.8) is 0 Å². The monoisotopic (exact) mass is 297 g/mol. The van der Waals surface area contributed by atoms with Crippen LogP contribution in [-0.4, -0.2) is 6.61 Å². The number of thiophene rings is 1. The average molecular weight is 297 g/mol. The van der Waals surface area contributed by atoms with E-state index in [1.165, 1.54) is 10.9 Å². The smallest absolute Gasteiger partial charge is 0.387 e. The van der Waals surface area contributed by atoms with Crippen molar-refractivity contribution in [2.75, 3.05) is 0 Å². The highest BCUT2D eigenvalue weighted by atomic mass is 32.1. The van der Waals surface area contributed by atoms with Crippen molar-refractivity contribution < 1.29 is 13.5 Å². The topological polar surface area (TPSA) is 21.3 Å². The van der Waals surface area contributed by atoms with E-state index in [0.29, 0.717) is 0 Å². The highest BCUT2D eigenvalue weighted by Gasteiger charge is 2.13. The molecule has 5 heteroatoms. The van der Waals surface area contributed by atoms with Crippen LogP contribution in [0.2, 0.25) is 0 Å². The van der Waals surface area contributed by atoms with E-state index in [1.807, 2.05) is 24.4 Å². The second-order valence-electron chi connectivity index (χ2n) is 4.58. The van der Waals surface area contributed by atoms with Crippen molar-refractivity contribution in [2.24, 2.45) is 0 Å². The van der Waals surface area contributed by atoms with E-state index in [4.69, 9.17) is 0 Å². The van der Waals surface area contributed by atoms with Gasteiger partial charge in [-0.05, 0) is 43.0 Å². The van der Waals surface area contributed by atoms with Gasteiger partial charge in [-0.15, -0.1) is 11.3 Å². The van der Waals surface area contributed by atoms with Gasteiger partial charge in [0, 0.05) is 17.0 Å². The van der Waals surface area contributed by atoms with Crippen LogP contribution >= 0.6 is 11.3 Å². The second kappa shape index (κ2) is 6.81. The average Bonchev–Trinajstić information content (AvgIpc) is 2.92. The first-order chi connectivity index (χ1) is 9.56. The second-order valence-corrected chi connectivity index (χ2v) is 5.56. The van der Waals surface area contributed by atoms with Gasteiger partial charge in [0.15, 0.2) is 0 Å². The Morgan fingerprint density at radius 2 is 1.90 bits per heavy atom. The summed E-state index contributed by atoms with van der Waals surface area (Å²) in [6.07, 6.45) is 0. The molecular formula is C15H17F2NOS. The Morgan fingerprint density at radius 3 is 2.55 bits per heavy atom. The first kappa shape index (κ1) is 14.9. The van der Waals surface area contributed by atoms with Crippen molar-refractivity contribution in [1.82, 2.24) is 5.32 Å². The Balaban J connectivity index is 2.03. The number of hydrogen-bond donors (Lipinski definition) is 1. The Hall–Kier alpha value is -1.46. The Morgan fingerprint density at radius 1 is 1.10 bits per heavy atom. The predicted octanol–water partition coefficient (Wildman–Crippen LogP) is 4.76. The molecule has 0 aliphatic carbocycles. The van der Waals surface area contributed by atoms with E-state index in [2.05, 4.69) is 23.0 Å². The minimum atomic E-state index is -2.79. The van der Waals surface area contributed by atoms with Gasteiger partial charge in [-0.25, -0.2) is 0 Å². The summed E-state index contributed by atoms with van der Waals surface area (Å²) in [4.78, 5) is 1.25. The van der Waals surface area contributed by atoms with E-state index in [1.54, 1.807) is 23.5 Å². The number of rotatable bonds is 6. The van der Waals surface area contributed by atoms with E-state index in [0.717, 1.165) is 5.56 Å². The van der Waals surface area contributed by atoms with Crippen molar-refractivity contribution in [3.8, 4) is 5.75 Å². The molecule has 0 aliphatic rings. The first-order valence-corrected chi connectivity index (χ1v) is 7.28. The molecule has 0 bridgehead atoms. The summed E-state index contributed by atoms with van der Waals surface area (Å²) in [5.74, 6) is 0.190. The molecule has 2 nitrogen and oxygen atoms in total. The van der Waals surface area contributed by atoms with Crippen LogP contribution in [0.1, 0.15) is 36.4 Å². The van der Waals surface area contributed by atoms with Crippen LogP contribution in [0.5, 0.6) is 5.75 Å².